The van der Waals surface area contributed by atoms with Gasteiger partial charge in [-0.2, -0.15) is 0 Å². The maximum absolute atomic E-state index is 4.75. The van der Waals surface area contributed by atoms with Crippen LogP contribution >= 0.6 is 0 Å². The maximum Gasteiger partial charge on any atom is 0.0640 e. The van der Waals surface area contributed by atoms with Gasteiger partial charge in [0.2, 0.25) is 0 Å². The van der Waals surface area contributed by atoms with Crippen LogP contribution in [-0.2, 0) is 6.42 Å². The van der Waals surface area contributed by atoms with E-state index in [0.29, 0.717) is 5.92 Å². The van der Waals surface area contributed by atoms with Crippen molar-refractivity contribution in [3.63, 3.8) is 0 Å². The Kier molecular flexibility index (Phi) is 4.42. The minimum atomic E-state index is 0.628. The van der Waals surface area contributed by atoms with Crippen molar-refractivity contribution >= 4 is 16.9 Å². The molecule has 1 aromatic heterocycles. The SMILES string of the molecule is C/C=C1/C=C(C2=CCc3ncc(C4=CCC(C)C=C4)cc32)C=CC1=NC. The van der Waals surface area contributed by atoms with Crippen molar-refractivity contribution in [3.05, 3.63) is 88.8 Å². The summed E-state index contributed by atoms with van der Waals surface area (Å²) in [5, 5.41) is 0. The van der Waals surface area contributed by atoms with Gasteiger partial charge in [0.05, 0.1) is 11.4 Å². The van der Waals surface area contributed by atoms with Gasteiger partial charge >= 0.3 is 0 Å². The van der Waals surface area contributed by atoms with E-state index in [-0.39, 0.29) is 0 Å². The average Bonchev–Trinajstić information content (AvgIpc) is 3.11. The van der Waals surface area contributed by atoms with Crippen molar-refractivity contribution in [2.45, 2.75) is 26.7 Å². The molecule has 4 rings (SSSR count). The summed E-state index contributed by atoms with van der Waals surface area (Å²) in [5.41, 5.74) is 9.67. The summed E-state index contributed by atoms with van der Waals surface area (Å²) < 4.78 is 0. The number of nitrogens with zero attached hydrogens (tertiary/aromatic N) is 2. The van der Waals surface area contributed by atoms with E-state index in [9.17, 15) is 0 Å². The van der Waals surface area contributed by atoms with Crippen LogP contribution in [0.4, 0.5) is 0 Å². The molecule has 0 amide bonds. The molecule has 0 aliphatic heterocycles. The molecule has 2 heteroatoms. The van der Waals surface area contributed by atoms with Gasteiger partial charge in [-0.1, -0.05) is 43.4 Å². The average molecular weight is 340 g/mol. The van der Waals surface area contributed by atoms with E-state index >= 15 is 0 Å². The number of fused-ring (bicyclic) bond motifs is 1. The molecule has 1 aromatic rings. The van der Waals surface area contributed by atoms with E-state index in [1.807, 2.05) is 13.2 Å². The minimum absolute atomic E-state index is 0.628. The minimum Gasteiger partial charge on any atom is -0.288 e. The number of rotatable bonds is 2. The fraction of sp³-hybridized carbons (Fsp3) is 0.250. The predicted octanol–water partition coefficient (Wildman–Crippen LogP) is 5.51. The zero-order valence-corrected chi connectivity index (χ0v) is 15.7. The van der Waals surface area contributed by atoms with Gasteiger partial charge in [0.15, 0.2) is 0 Å². The highest BCUT2D eigenvalue weighted by Gasteiger charge is 2.21. The topological polar surface area (TPSA) is 25.2 Å². The lowest BCUT2D eigenvalue weighted by Crippen LogP contribution is -2.03. The smallest absolute Gasteiger partial charge is 0.0640 e. The van der Waals surface area contributed by atoms with E-state index < -0.39 is 0 Å². The molecule has 3 aliphatic rings. The lowest BCUT2D eigenvalue weighted by Gasteiger charge is -2.16. The number of pyridine rings is 1. The molecule has 1 heterocycles. The monoisotopic (exact) mass is 340 g/mol. The van der Waals surface area contributed by atoms with Crippen LogP contribution < -0.4 is 0 Å². The molecule has 2 nitrogen and oxygen atoms in total. The lowest BCUT2D eigenvalue weighted by molar-refractivity contribution is 0.739. The second kappa shape index (κ2) is 6.87. The number of aromatic nitrogens is 1. The second-order valence-electron chi connectivity index (χ2n) is 7.06. The Bertz CT molecular complexity index is 962. The van der Waals surface area contributed by atoms with Gasteiger partial charge in [0.25, 0.3) is 0 Å². The molecule has 0 aromatic carbocycles. The molecule has 1 unspecified atom stereocenters. The summed E-state index contributed by atoms with van der Waals surface area (Å²) in [4.78, 5) is 9.11. The first-order valence-corrected chi connectivity index (χ1v) is 9.31. The van der Waals surface area contributed by atoms with Gasteiger partial charge in [0, 0.05) is 30.8 Å². The van der Waals surface area contributed by atoms with Crippen LogP contribution in [0.25, 0.3) is 11.1 Å². The molecule has 0 N–H and O–H groups in total. The largest absolute Gasteiger partial charge is 0.288 e. The zero-order valence-electron chi connectivity index (χ0n) is 15.7. The number of aliphatic imine (C=N–C) groups is 1. The summed E-state index contributed by atoms with van der Waals surface area (Å²) in [6, 6.07) is 2.31. The molecule has 0 saturated carbocycles. The van der Waals surface area contributed by atoms with Crippen LogP contribution in [0, 0.1) is 5.92 Å². The molecule has 130 valence electrons. The molecule has 26 heavy (non-hydrogen) atoms. The van der Waals surface area contributed by atoms with Gasteiger partial charge in [-0.15, -0.1) is 0 Å². The normalized spacial score (nSPS) is 24.6. The highest BCUT2D eigenvalue weighted by atomic mass is 14.7. The first-order valence-electron chi connectivity index (χ1n) is 9.31. The Morgan fingerprint density at radius 3 is 2.77 bits per heavy atom. The third-order valence-electron chi connectivity index (χ3n) is 5.30. The van der Waals surface area contributed by atoms with E-state index in [4.69, 9.17) is 4.98 Å². The number of hydrogen-bond donors (Lipinski definition) is 0. The van der Waals surface area contributed by atoms with Crippen molar-refractivity contribution in [3.8, 4) is 0 Å². The van der Waals surface area contributed by atoms with Gasteiger partial charge in [-0.3, -0.25) is 9.98 Å². The fourth-order valence-electron chi connectivity index (χ4n) is 3.73. The van der Waals surface area contributed by atoms with Gasteiger partial charge in [-0.25, -0.2) is 0 Å². The summed E-state index contributed by atoms with van der Waals surface area (Å²) in [7, 11) is 1.84. The van der Waals surface area contributed by atoms with Crippen LogP contribution in [0.2, 0.25) is 0 Å². The standard InChI is InChI=1S/C24H24N2/c1-4-17-13-19(9-11-23(17)25-3)21-10-12-24-22(21)14-20(15-26-24)18-7-5-16(2)6-8-18/h4-5,7-11,13-16H,6,12H2,1-3H3/b17-4-,25-23?. The number of hydrogen-bond acceptors (Lipinski definition) is 2. The molecule has 0 bridgehead atoms. The van der Waals surface area contributed by atoms with Crippen molar-refractivity contribution in [1.29, 1.82) is 0 Å². The van der Waals surface area contributed by atoms with Crippen molar-refractivity contribution in [1.82, 2.24) is 4.98 Å². The Morgan fingerprint density at radius 1 is 1.15 bits per heavy atom. The van der Waals surface area contributed by atoms with Gasteiger partial charge in [-0.05, 0) is 59.8 Å². The highest BCUT2D eigenvalue weighted by Crippen LogP contribution is 2.36. The van der Waals surface area contributed by atoms with Crippen molar-refractivity contribution in [2.75, 3.05) is 7.05 Å². The molecular weight excluding hydrogens is 316 g/mol. The van der Waals surface area contributed by atoms with E-state index in [2.05, 4.69) is 73.5 Å². The summed E-state index contributed by atoms with van der Waals surface area (Å²) in [5.74, 6) is 0.628. The quantitative estimate of drug-likeness (QED) is 0.696. The summed E-state index contributed by atoms with van der Waals surface area (Å²) in [6.07, 6.45) is 21.8. The summed E-state index contributed by atoms with van der Waals surface area (Å²) in [6.45, 7) is 4.31. The first-order chi connectivity index (χ1) is 12.7. The molecular formula is C24H24N2. The van der Waals surface area contributed by atoms with E-state index in [1.165, 1.54) is 39.1 Å². The lowest BCUT2D eigenvalue weighted by atomic mass is 9.90. The first kappa shape index (κ1) is 16.7. The Morgan fingerprint density at radius 2 is 2.04 bits per heavy atom. The molecule has 0 saturated heterocycles. The van der Waals surface area contributed by atoms with Crippen molar-refractivity contribution in [2.24, 2.45) is 10.9 Å². The molecule has 3 aliphatic carbocycles. The Balaban J connectivity index is 1.70. The van der Waals surface area contributed by atoms with Crippen LogP contribution in [0.5, 0.6) is 0 Å². The van der Waals surface area contributed by atoms with Gasteiger partial charge < -0.3 is 0 Å². The molecule has 1 atom stereocenters. The van der Waals surface area contributed by atoms with Crippen LogP contribution in [0.15, 0.2) is 77.0 Å². The number of allylic oxidation sites excluding steroid dienone is 12. The highest BCUT2D eigenvalue weighted by molar-refractivity contribution is 6.13. The third kappa shape index (κ3) is 2.96. The second-order valence-corrected chi connectivity index (χ2v) is 7.06. The predicted molar refractivity (Wildman–Crippen MR) is 111 cm³/mol. The molecule has 0 spiro atoms. The molecule has 0 fully saturated rings. The third-order valence-corrected chi connectivity index (χ3v) is 5.30. The van der Waals surface area contributed by atoms with E-state index in [0.717, 1.165) is 18.6 Å². The van der Waals surface area contributed by atoms with E-state index in [1.54, 1.807) is 0 Å². The molecule has 0 radical (unpaired) electrons. The summed E-state index contributed by atoms with van der Waals surface area (Å²) >= 11 is 0. The van der Waals surface area contributed by atoms with Gasteiger partial charge in [0.1, 0.15) is 0 Å². The van der Waals surface area contributed by atoms with Crippen LogP contribution in [0.1, 0.15) is 37.1 Å². The van der Waals surface area contributed by atoms with Crippen LogP contribution in [-0.4, -0.2) is 17.7 Å². The fourth-order valence-corrected chi connectivity index (χ4v) is 3.73. The van der Waals surface area contributed by atoms with Crippen LogP contribution in [0.3, 0.4) is 0 Å². The zero-order chi connectivity index (χ0) is 18.1. The Labute approximate surface area is 155 Å². The van der Waals surface area contributed by atoms with Crippen molar-refractivity contribution < 1.29 is 0 Å². The Hall–Kier alpha value is -2.74. The maximum atomic E-state index is 4.75.